The SMILES string of the molecule is CNC(Cc1csc(C)n1)c1cccc2ncccc12. The van der Waals surface area contributed by atoms with Gasteiger partial charge in [0.05, 0.1) is 16.2 Å². The van der Waals surface area contributed by atoms with Gasteiger partial charge in [0, 0.05) is 29.4 Å². The topological polar surface area (TPSA) is 37.8 Å². The normalized spacial score (nSPS) is 12.7. The van der Waals surface area contributed by atoms with Crippen LogP contribution in [0.1, 0.15) is 22.3 Å². The molecular weight excluding hydrogens is 266 g/mol. The first-order valence-electron chi connectivity index (χ1n) is 6.70. The van der Waals surface area contributed by atoms with E-state index < -0.39 is 0 Å². The fourth-order valence-electron chi connectivity index (χ4n) is 2.51. The Labute approximate surface area is 122 Å². The van der Waals surface area contributed by atoms with E-state index in [1.54, 1.807) is 11.3 Å². The van der Waals surface area contributed by atoms with Crippen molar-refractivity contribution in [2.45, 2.75) is 19.4 Å². The first kappa shape index (κ1) is 13.2. The Hall–Kier alpha value is -1.78. The van der Waals surface area contributed by atoms with Crippen LogP contribution in [0, 0.1) is 6.92 Å². The molecule has 0 aliphatic rings. The third-order valence-electron chi connectivity index (χ3n) is 3.48. The van der Waals surface area contributed by atoms with Gasteiger partial charge in [-0.3, -0.25) is 4.98 Å². The van der Waals surface area contributed by atoms with E-state index in [1.807, 2.05) is 26.2 Å². The molecule has 3 aromatic rings. The van der Waals surface area contributed by atoms with Crippen molar-refractivity contribution >= 4 is 22.2 Å². The fraction of sp³-hybridized carbons (Fsp3) is 0.250. The first-order valence-corrected chi connectivity index (χ1v) is 7.58. The van der Waals surface area contributed by atoms with E-state index in [2.05, 4.69) is 44.9 Å². The maximum Gasteiger partial charge on any atom is 0.0897 e. The highest BCUT2D eigenvalue weighted by atomic mass is 32.1. The molecule has 0 saturated carbocycles. The van der Waals surface area contributed by atoms with Gasteiger partial charge < -0.3 is 5.32 Å². The third-order valence-corrected chi connectivity index (χ3v) is 4.31. The predicted molar refractivity (Wildman–Crippen MR) is 84.1 cm³/mol. The highest BCUT2D eigenvalue weighted by Crippen LogP contribution is 2.25. The molecule has 1 N–H and O–H groups in total. The molecule has 3 rings (SSSR count). The number of hydrogen-bond acceptors (Lipinski definition) is 4. The molecule has 2 heterocycles. The average Bonchev–Trinajstić information content (AvgIpc) is 2.89. The van der Waals surface area contributed by atoms with Crippen LogP contribution in [0.15, 0.2) is 41.9 Å². The molecule has 0 bridgehead atoms. The number of aryl methyl sites for hydroxylation is 1. The summed E-state index contributed by atoms with van der Waals surface area (Å²) < 4.78 is 0. The molecule has 1 aromatic carbocycles. The molecule has 0 fully saturated rings. The Morgan fingerprint density at radius 1 is 1.25 bits per heavy atom. The predicted octanol–water partition coefficient (Wildman–Crippen LogP) is 3.50. The highest BCUT2D eigenvalue weighted by molar-refractivity contribution is 7.09. The Bertz CT molecular complexity index is 715. The van der Waals surface area contributed by atoms with Crippen molar-refractivity contribution in [3.63, 3.8) is 0 Å². The van der Waals surface area contributed by atoms with Crippen molar-refractivity contribution in [3.05, 3.63) is 58.2 Å². The molecule has 2 aromatic heterocycles. The van der Waals surface area contributed by atoms with Crippen molar-refractivity contribution in [3.8, 4) is 0 Å². The number of aromatic nitrogens is 2. The van der Waals surface area contributed by atoms with Crippen LogP contribution < -0.4 is 5.32 Å². The molecule has 20 heavy (non-hydrogen) atoms. The maximum atomic E-state index is 4.57. The van der Waals surface area contributed by atoms with Gasteiger partial charge in [-0.05, 0) is 31.7 Å². The number of benzene rings is 1. The second-order valence-electron chi connectivity index (χ2n) is 4.82. The number of nitrogens with one attached hydrogen (secondary N) is 1. The number of nitrogens with zero attached hydrogens (tertiary/aromatic N) is 2. The van der Waals surface area contributed by atoms with Gasteiger partial charge in [-0.1, -0.05) is 18.2 Å². The average molecular weight is 283 g/mol. The summed E-state index contributed by atoms with van der Waals surface area (Å²) in [5.74, 6) is 0. The molecule has 0 aliphatic heterocycles. The standard InChI is InChI=1S/C16H17N3S/c1-11-19-12(10-20-11)9-16(17-2)14-5-3-7-15-13(14)6-4-8-18-15/h3-8,10,16-17H,9H2,1-2H3. The van der Waals surface area contributed by atoms with E-state index in [0.717, 1.165) is 22.6 Å². The summed E-state index contributed by atoms with van der Waals surface area (Å²) in [5.41, 5.74) is 3.47. The lowest BCUT2D eigenvalue weighted by atomic mass is 9.98. The molecular formula is C16H17N3S. The summed E-state index contributed by atoms with van der Waals surface area (Å²) in [7, 11) is 2.00. The molecule has 0 spiro atoms. The molecule has 0 radical (unpaired) electrons. The van der Waals surface area contributed by atoms with Crippen LogP contribution in [0.4, 0.5) is 0 Å². The van der Waals surface area contributed by atoms with Crippen LogP contribution in [0.25, 0.3) is 10.9 Å². The van der Waals surface area contributed by atoms with E-state index in [-0.39, 0.29) is 6.04 Å². The van der Waals surface area contributed by atoms with E-state index >= 15 is 0 Å². The quantitative estimate of drug-likeness (QED) is 0.796. The van der Waals surface area contributed by atoms with Gasteiger partial charge in [-0.25, -0.2) is 4.98 Å². The number of hydrogen-bond donors (Lipinski definition) is 1. The van der Waals surface area contributed by atoms with Gasteiger partial charge in [0.2, 0.25) is 0 Å². The minimum Gasteiger partial charge on any atom is -0.313 e. The summed E-state index contributed by atoms with van der Waals surface area (Å²) in [6, 6.07) is 10.7. The van der Waals surface area contributed by atoms with Crippen molar-refractivity contribution < 1.29 is 0 Å². The van der Waals surface area contributed by atoms with Gasteiger partial charge in [0.15, 0.2) is 0 Å². The lowest BCUT2D eigenvalue weighted by Crippen LogP contribution is -2.19. The fourth-order valence-corrected chi connectivity index (χ4v) is 3.14. The Kier molecular flexibility index (Phi) is 3.76. The maximum absolute atomic E-state index is 4.57. The smallest absolute Gasteiger partial charge is 0.0897 e. The molecule has 4 heteroatoms. The summed E-state index contributed by atoms with van der Waals surface area (Å²) in [4.78, 5) is 9.00. The van der Waals surface area contributed by atoms with Gasteiger partial charge in [0.1, 0.15) is 0 Å². The van der Waals surface area contributed by atoms with E-state index in [4.69, 9.17) is 0 Å². The van der Waals surface area contributed by atoms with Crippen LogP contribution >= 0.6 is 11.3 Å². The summed E-state index contributed by atoms with van der Waals surface area (Å²) in [6.07, 6.45) is 2.74. The van der Waals surface area contributed by atoms with E-state index in [1.165, 1.54) is 10.9 Å². The Morgan fingerprint density at radius 3 is 2.90 bits per heavy atom. The monoisotopic (exact) mass is 283 g/mol. The number of thiazole rings is 1. The van der Waals surface area contributed by atoms with Gasteiger partial charge in [-0.2, -0.15) is 0 Å². The van der Waals surface area contributed by atoms with Crippen molar-refractivity contribution in [2.75, 3.05) is 7.05 Å². The van der Waals surface area contributed by atoms with Gasteiger partial charge >= 0.3 is 0 Å². The lowest BCUT2D eigenvalue weighted by Gasteiger charge is -2.17. The van der Waals surface area contributed by atoms with Gasteiger partial charge in [-0.15, -0.1) is 11.3 Å². The summed E-state index contributed by atoms with van der Waals surface area (Å²) in [6.45, 7) is 2.05. The molecule has 0 saturated heterocycles. The number of likely N-dealkylation sites (N-methyl/N-ethyl adjacent to an activating group) is 1. The molecule has 102 valence electrons. The molecule has 0 amide bonds. The second-order valence-corrected chi connectivity index (χ2v) is 5.88. The zero-order chi connectivity index (χ0) is 13.9. The van der Waals surface area contributed by atoms with E-state index in [9.17, 15) is 0 Å². The van der Waals surface area contributed by atoms with Crippen molar-refractivity contribution in [1.82, 2.24) is 15.3 Å². The third kappa shape index (κ3) is 2.57. The van der Waals surface area contributed by atoms with Crippen LogP contribution in [-0.4, -0.2) is 17.0 Å². The summed E-state index contributed by atoms with van der Waals surface area (Å²) in [5, 5.41) is 7.88. The number of pyridine rings is 1. The highest BCUT2D eigenvalue weighted by Gasteiger charge is 2.14. The van der Waals surface area contributed by atoms with Crippen LogP contribution in [0.5, 0.6) is 0 Å². The van der Waals surface area contributed by atoms with Crippen molar-refractivity contribution in [1.29, 1.82) is 0 Å². The molecule has 1 atom stereocenters. The Balaban J connectivity index is 1.98. The first-order chi connectivity index (χ1) is 9.78. The lowest BCUT2D eigenvalue weighted by molar-refractivity contribution is 0.589. The van der Waals surface area contributed by atoms with Crippen molar-refractivity contribution in [2.24, 2.45) is 0 Å². The molecule has 0 aliphatic carbocycles. The minimum atomic E-state index is 0.254. The molecule has 3 nitrogen and oxygen atoms in total. The zero-order valence-electron chi connectivity index (χ0n) is 11.6. The van der Waals surface area contributed by atoms with E-state index in [0.29, 0.717) is 0 Å². The summed E-state index contributed by atoms with van der Waals surface area (Å²) >= 11 is 1.70. The van der Waals surface area contributed by atoms with Crippen LogP contribution in [0.2, 0.25) is 0 Å². The second kappa shape index (κ2) is 5.69. The van der Waals surface area contributed by atoms with Gasteiger partial charge in [0.25, 0.3) is 0 Å². The zero-order valence-corrected chi connectivity index (χ0v) is 12.4. The minimum absolute atomic E-state index is 0.254. The Morgan fingerprint density at radius 2 is 2.15 bits per heavy atom. The number of fused-ring (bicyclic) bond motifs is 1. The van der Waals surface area contributed by atoms with Crippen LogP contribution in [-0.2, 0) is 6.42 Å². The largest absolute Gasteiger partial charge is 0.313 e. The molecule has 1 unspecified atom stereocenters. The number of rotatable bonds is 4. The van der Waals surface area contributed by atoms with Crippen LogP contribution in [0.3, 0.4) is 0 Å².